The predicted molar refractivity (Wildman–Crippen MR) is 192 cm³/mol. The molecule has 5 aromatic carbocycles. The fraction of sp³-hybridized carbons (Fsp3) is 0.216. The van der Waals surface area contributed by atoms with Crippen molar-refractivity contribution in [2.75, 3.05) is 6.61 Å². The molecule has 232 valence electrons. The molecule has 1 unspecified atom stereocenters. The van der Waals surface area contributed by atoms with E-state index in [9.17, 15) is 18.8 Å². The van der Waals surface area contributed by atoms with Gasteiger partial charge in [0.15, 0.2) is 0 Å². The number of carbonyl (C=O) groups excluding carboxylic acids is 1. The largest absolute Gasteiger partial charge is 0.465 e. The van der Waals surface area contributed by atoms with E-state index in [1.807, 2.05) is 30.3 Å². The van der Waals surface area contributed by atoms with Gasteiger partial charge in [0.2, 0.25) is 0 Å². The first-order chi connectivity index (χ1) is 22.2. The van der Waals surface area contributed by atoms with E-state index < -0.39 is 17.2 Å². The van der Waals surface area contributed by atoms with Crippen molar-refractivity contribution in [3.8, 4) is 11.1 Å². The monoisotopic (exact) mass is 790 g/mol. The molecule has 0 saturated carbocycles. The Morgan fingerprint density at radius 2 is 1.78 bits per heavy atom. The average molecular weight is 791 g/mol. The minimum atomic E-state index is -0.654. The number of rotatable bonds is 6. The lowest BCUT2D eigenvalue weighted by molar-refractivity contribution is -0.143. The summed E-state index contributed by atoms with van der Waals surface area (Å²) >= 11 is 5.52. The Kier molecular flexibility index (Phi) is 8.31. The SMILES string of the molecule is CCOC(=O)Cn1c(=O)[nH]c(=O)c2c(I)c(-c3cccc4c3ccc3c5c(ccc34)CCC(Cc3ccc(Br)cc3F)C5)ccc21. The van der Waals surface area contributed by atoms with Crippen LogP contribution in [0, 0.1) is 15.3 Å². The summed E-state index contributed by atoms with van der Waals surface area (Å²) in [6.07, 6.45) is 3.60. The molecule has 7 rings (SSSR count). The molecule has 1 aliphatic rings. The molecule has 9 heteroatoms. The van der Waals surface area contributed by atoms with Crippen LogP contribution >= 0.6 is 38.5 Å². The molecule has 0 amide bonds. The molecule has 1 aromatic heterocycles. The molecule has 1 atom stereocenters. The van der Waals surface area contributed by atoms with Crippen molar-refractivity contribution in [3.63, 3.8) is 0 Å². The zero-order chi connectivity index (χ0) is 32.1. The third kappa shape index (κ3) is 5.47. The van der Waals surface area contributed by atoms with E-state index in [0.29, 0.717) is 26.8 Å². The number of carbonyl (C=O) groups is 1. The van der Waals surface area contributed by atoms with Gasteiger partial charge in [-0.3, -0.25) is 19.1 Å². The molecule has 0 spiro atoms. The zero-order valence-electron chi connectivity index (χ0n) is 25.0. The summed E-state index contributed by atoms with van der Waals surface area (Å²) in [5.74, 6) is -0.356. The number of nitrogens with one attached hydrogen (secondary N) is 1. The summed E-state index contributed by atoms with van der Waals surface area (Å²) in [7, 11) is 0. The first-order valence-electron chi connectivity index (χ1n) is 15.2. The number of aromatic nitrogens is 2. The van der Waals surface area contributed by atoms with E-state index >= 15 is 0 Å². The molecule has 1 heterocycles. The van der Waals surface area contributed by atoms with Crippen molar-refractivity contribution in [1.82, 2.24) is 9.55 Å². The number of H-pyrrole nitrogens is 1. The Bertz CT molecular complexity index is 2330. The maximum absolute atomic E-state index is 14.7. The highest BCUT2D eigenvalue weighted by Crippen LogP contribution is 2.40. The lowest BCUT2D eigenvalue weighted by atomic mass is 9.78. The van der Waals surface area contributed by atoms with E-state index in [1.165, 1.54) is 21.1 Å². The number of fused-ring (bicyclic) bond motifs is 6. The Morgan fingerprint density at radius 3 is 2.59 bits per heavy atom. The topological polar surface area (TPSA) is 81.2 Å². The quantitative estimate of drug-likeness (QED) is 0.105. The van der Waals surface area contributed by atoms with Crippen LogP contribution in [0.4, 0.5) is 4.39 Å². The van der Waals surface area contributed by atoms with Crippen LogP contribution < -0.4 is 11.2 Å². The second kappa shape index (κ2) is 12.4. The zero-order valence-corrected chi connectivity index (χ0v) is 28.7. The number of nitrogens with zero attached hydrogens (tertiary/aromatic N) is 1. The molecule has 6 nitrogen and oxygen atoms in total. The van der Waals surface area contributed by atoms with Crippen molar-refractivity contribution < 1.29 is 13.9 Å². The van der Waals surface area contributed by atoms with E-state index in [4.69, 9.17) is 4.74 Å². The third-order valence-electron chi connectivity index (χ3n) is 9.09. The predicted octanol–water partition coefficient (Wildman–Crippen LogP) is 8.08. The number of hydrogen-bond donors (Lipinski definition) is 1. The molecule has 6 aromatic rings. The number of halogens is 3. The summed E-state index contributed by atoms with van der Waals surface area (Å²) in [4.78, 5) is 40.4. The van der Waals surface area contributed by atoms with E-state index in [-0.39, 0.29) is 19.0 Å². The first-order valence-corrected chi connectivity index (χ1v) is 17.1. The fourth-order valence-corrected chi connectivity index (χ4v) is 8.28. The van der Waals surface area contributed by atoms with Gasteiger partial charge in [-0.15, -0.1) is 0 Å². The summed E-state index contributed by atoms with van der Waals surface area (Å²) in [6, 6.07) is 24.0. The molecule has 0 bridgehead atoms. The first kappa shape index (κ1) is 30.8. The molecule has 46 heavy (non-hydrogen) atoms. The van der Waals surface area contributed by atoms with Gasteiger partial charge in [0, 0.05) is 8.04 Å². The van der Waals surface area contributed by atoms with Crippen molar-refractivity contribution >= 4 is 76.9 Å². The van der Waals surface area contributed by atoms with Crippen molar-refractivity contribution in [2.24, 2.45) is 5.92 Å². The smallest absolute Gasteiger partial charge is 0.329 e. The van der Waals surface area contributed by atoms with Crippen LogP contribution in [0.1, 0.15) is 30.0 Å². The standard InChI is InChI=1S/C37H29BrFIN2O4/c1-2-46-33(43)19-42-32-15-14-29(35(40)34(32)36(44)41-37(42)45)25-5-3-4-24-26-11-9-21-7-6-20(16-22-8-10-23(38)18-31(22)39)17-30(21)28(26)13-12-27(24)25/h3-5,8-15,18,20H,2,6-7,16-17,19H2,1H3,(H,41,44,45). The van der Waals surface area contributed by atoms with Gasteiger partial charge in [-0.25, -0.2) is 9.18 Å². The highest BCUT2D eigenvalue weighted by atomic mass is 127. The second-order valence-corrected chi connectivity index (χ2v) is 13.8. The highest BCUT2D eigenvalue weighted by Gasteiger charge is 2.23. The Balaban J connectivity index is 1.31. The maximum atomic E-state index is 14.7. The van der Waals surface area contributed by atoms with Gasteiger partial charge < -0.3 is 4.74 Å². The minimum absolute atomic E-state index is 0.163. The van der Waals surface area contributed by atoms with Crippen molar-refractivity contribution in [2.45, 2.75) is 39.2 Å². The van der Waals surface area contributed by atoms with E-state index in [0.717, 1.165) is 56.6 Å². The number of aryl methyl sites for hydroxylation is 1. The van der Waals surface area contributed by atoms with Crippen LogP contribution in [0.2, 0.25) is 0 Å². The summed E-state index contributed by atoms with van der Waals surface area (Å²) in [6.45, 7) is 1.61. The molecule has 0 saturated heterocycles. The van der Waals surface area contributed by atoms with E-state index in [1.54, 1.807) is 19.1 Å². The number of aromatic amines is 1. The second-order valence-electron chi connectivity index (χ2n) is 11.8. The van der Waals surface area contributed by atoms with Crippen LogP contribution in [0.5, 0.6) is 0 Å². The van der Waals surface area contributed by atoms with E-state index in [2.05, 4.69) is 73.8 Å². The molecule has 0 radical (unpaired) electrons. The van der Waals surface area contributed by atoms with Crippen molar-refractivity contribution in [3.05, 3.63) is 124 Å². The lowest BCUT2D eigenvalue weighted by Gasteiger charge is -2.26. The van der Waals surface area contributed by atoms with Gasteiger partial charge in [-0.1, -0.05) is 70.5 Å². The van der Waals surface area contributed by atoms with Crippen LogP contribution in [-0.4, -0.2) is 22.1 Å². The molecule has 1 N–H and O–H groups in total. The van der Waals surface area contributed by atoms with Crippen LogP contribution in [0.25, 0.3) is 43.6 Å². The molecule has 0 fully saturated rings. The van der Waals surface area contributed by atoms with Gasteiger partial charge in [-0.2, -0.15) is 0 Å². The third-order valence-corrected chi connectivity index (χ3v) is 10.7. The Hall–Kier alpha value is -3.83. The highest BCUT2D eigenvalue weighted by molar-refractivity contribution is 14.1. The Morgan fingerprint density at radius 1 is 1.00 bits per heavy atom. The number of benzene rings is 5. The number of hydrogen-bond acceptors (Lipinski definition) is 4. The Labute approximate surface area is 285 Å². The molecular formula is C37H29BrFIN2O4. The van der Waals surface area contributed by atoms with Gasteiger partial charge in [0.1, 0.15) is 12.4 Å². The van der Waals surface area contributed by atoms with Crippen molar-refractivity contribution in [1.29, 1.82) is 0 Å². The maximum Gasteiger partial charge on any atom is 0.329 e. The van der Waals surface area contributed by atoms with Crippen LogP contribution in [-0.2, 0) is 35.3 Å². The minimum Gasteiger partial charge on any atom is -0.465 e. The molecule has 1 aliphatic carbocycles. The van der Waals surface area contributed by atoms with Gasteiger partial charge in [-0.05, 0) is 129 Å². The summed E-state index contributed by atoms with van der Waals surface area (Å²) < 4.78 is 22.4. The normalized spacial score (nSPS) is 14.6. The van der Waals surface area contributed by atoms with Crippen LogP contribution in [0.3, 0.4) is 0 Å². The summed E-state index contributed by atoms with van der Waals surface area (Å²) in [5.41, 5.74) is 4.50. The van der Waals surface area contributed by atoms with Crippen LogP contribution in [0.15, 0.2) is 86.9 Å². The average Bonchev–Trinajstić information content (AvgIpc) is 3.03. The van der Waals surface area contributed by atoms with Gasteiger partial charge in [0.25, 0.3) is 5.56 Å². The lowest BCUT2D eigenvalue weighted by Crippen LogP contribution is -2.33. The molecular weight excluding hydrogens is 762 g/mol. The number of ether oxygens (including phenoxy) is 1. The number of esters is 1. The van der Waals surface area contributed by atoms with Gasteiger partial charge >= 0.3 is 11.7 Å². The van der Waals surface area contributed by atoms with Gasteiger partial charge in [0.05, 0.1) is 17.5 Å². The fourth-order valence-electron chi connectivity index (χ4n) is 6.96. The summed E-state index contributed by atoms with van der Waals surface area (Å²) in [5, 5.41) is 4.88. The molecule has 0 aliphatic heterocycles.